The van der Waals surface area contributed by atoms with Crippen LogP contribution in [-0.2, 0) is 29.0 Å². The second-order valence-corrected chi connectivity index (χ2v) is 15.8. The van der Waals surface area contributed by atoms with E-state index in [4.69, 9.17) is 34.3 Å². The summed E-state index contributed by atoms with van der Waals surface area (Å²) in [5.41, 5.74) is 0. The van der Waals surface area contributed by atoms with Gasteiger partial charge in [-0.3, -0.25) is 0 Å². The molecular formula is C18H34N4O10S9. The number of aliphatic hydroxyl groups is 2. The van der Waals surface area contributed by atoms with Crippen molar-refractivity contribution < 1.29 is 48.8 Å². The minimum Gasteiger partial charge on any atom is -0.438 e. The fraction of sp³-hybridized carbons (Fsp3) is 0.778. The summed E-state index contributed by atoms with van der Waals surface area (Å²) >= 11 is 13.2. The van der Waals surface area contributed by atoms with E-state index in [2.05, 4.69) is 25.5 Å². The number of carbonyl (C=O) groups is 2. The Bertz CT molecular complexity index is 666. The summed E-state index contributed by atoms with van der Waals surface area (Å²) in [5.74, 6) is 2.74. The third-order valence-corrected chi connectivity index (χ3v) is 11.2. The molecule has 0 saturated heterocycles. The number of rotatable bonds is 30. The van der Waals surface area contributed by atoms with Gasteiger partial charge in [0.2, 0.25) is 12.8 Å². The molecule has 0 heterocycles. The number of alkyl carbamates (subject to hydrolysis) is 2. The minimum atomic E-state index is -0.512. The van der Waals surface area contributed by atoms with Crippen LogP contribution in [0.25, 0.3) is 0 Å². The molecule has 0 unspecified atom stereocenters. The summed E-state index contributed by atoms with van der Waals surface area (Å²) in [5, 5.41) is 25.4. The highest BCUT2D eigenvalue weighted by Crippen LogP contribution is 2.18. The summed E-state index contributed by atoms with van der Waals surface area (Å²) in [6.07, 6.45) is 1.49. The summed E-state index contributed by atoms with van der Waals surface area (Å²) in [6, 6.07) is 0. The molecule has 0 aliphatic rings. The number of hydrogen-bond acceptors (Lipinski definition) is 21. The van der Waals surface area contributed by atoms with Gasteiger partial charge in [0.15, 0.2) is 0 Å². The van der Waals surface area contributed by atoms with Gasteiger partial charge >= 0.3 is 12.2 Å². The van der Waals surface area contributed by atoms with Crippen molar-refractivity contribution in [3.63, 3.8) is 0 Å². The maximum atomic E-state index is 11.6. The van der Waals surface area contributed by atoms with Crippen molar-refractivity contribution in [2.75, 3.05) is 79.5 Å². The largest absolute Gasteiger partial charge is 0.438 e. The van der Waals surface area contributed by atoms with Gasteiger partial charge in [-0.2, -0.15) is 9.78 Å². The number of amides is 2. The van der Waals surface area contributed by atoms with Crippen molar-refractivity contribution in [1.82, 2.24) is 10.6 Å². The third kappa shape index (κ3) is 36.6. The van der Waals surface area contributed by atoms with Crippen molar-refractivity contribution in [3.05, 3.63) is 0 Å². The Morgan fingerprint density at radius 2 is 1.02 bits per heavy atom. The van der Waals surface area contributed by atoms with E-state index in [0.29, 0.717) is 29.4 Å². The zero-order chi connectivity index (χ0) is 29.9. The molecule has 0 aromatic rings. The fourth-order valence-corrected chi connectivity index (χ4v) is 7.62. The van der Waals surface area contributed by atoms with Gasteiger partial charge in [0.25, 0.3) is 0 Å². The van der Waals surface area contributed by atoms with Crippen LogP contribution >= 0.6 is 106 Å². The molecule has 0 atom stereocenters. The van der Waals surface area contributed by atoms with Crippen LogP contribution in [0.3, 0.4) is 0 Å². The van der Waals surface area contributed by atoms with Gasteiger partial charge in [0.1, 0.15) is 23.8 Å². The number of thioether (sulfide) groups is 9. The van der Waals surface area contributed by atoms with Crippen LogP contribution in [-0.4, -0.2) is 115 Å². The highest BCUT2D eigenvalue weighted by molar-refractivity contribution is 8.22. The molecule has 0 rings (SSSR count). The molecule has 0 fully saturated rings. The predicted octanol–water partition coefficient (Wildman–Crippen LogP) is 4.38. The first kappa shape index (κ1) is 41.5. The lowest BCUT2D eigenvalue weighted by molar-refractivity contribution is -0.196. The summed E-state index contributed by atoms with van der Waals surface area (Å²) < 4.78 is 9.89. The van der Waals surface area contributed by atoms with Gasteiger partial charge < -0.3 is 40.1 Å². The molecule has 0 aromatic carbocycles. The Balaban J connectivity index is 3.26. The molecular weight excluding hydrogens is 721 g/mol. The van der Waals surface area contributed by atoms with Crippen molar-refractivity contribution >= 4 is 131 Å². The van der Waals surface area contributed by atoms with E-state index >= 15 is 0 Å². The van der Waals surface area contributed by atoms with Gasteiger partial charge in [-0.1, -0.05) is 11.8 Å². The number of nitrogens with one attached hydrogen (secondary N) is 2. The van der Waals surface area contributed by atoms with Gasteiger partial charge in [-0.25, -0.2) is 19.6 Å². The smallest absolute Gasteiger partial charge is 0.408 e. The van der Waals surface area contributed by atoms with Crippen LogP contribution in [0, 0.1) is 0 Å². The quantitative estimate of drug-likeness (QED) is 0.0203. The van der Waals surface area contributed by atoms with Crippen LogP contribution in [0.2, 0.25) is 0 Å². The Kier molecular flexibility index (Phi) is 37.1. The maximum absolute atomic E-state index is 11.6. The van der Waals surface area contributed by atoms with Crippen molar-refractivity contribution in [2.45, 2.75) is 0 Å². The molecule has 23 heteroatoms. The molecule has 240 valence electrons. The second-order valence-electron chi connectivity index (χ2n) is 5.81. The zero-order valence-electron chi connectivity index (χ0n) is 21.8. The second kappa shape index (κ2) is 36.7. The highest BCUT2D eigenvalue weighted by Gasteiger charge is 2.02. The highest BCUT2D eigenvalue weighted by atomic mass is 32.2. The zero-order valence-corrected chi connectivity index (χ0v) is 29.1. The SMILES string of the molecule is O=C(NCSCSC/N=C/OOCSCSCSCOC(=O)NCSCSC/N=C/OOCSCO)OCSCO. The Hall–Kier alpha value is 0.470. The molecule has 0 bridgehead atoms. The normalized spacial score (nSPS) is 11.2. The molecule has 14 nitrogen and oxygen atoms in total. The number of nitrogens with zero attached hydrogens (tertiary/aromatic N) is 2. The van der Waals surface area contributed by atoms with E-state index < -0.39 is 12.2 Å². The third-order valence-electron chi connectivity index (χ3n) is 3.00. The van der Waals surface area contributed by atoms with Gasteiger partial charge in [0.05, 0.1) is 35.4 Å². The molecule has 0 aromatic heterocycles. The lowest BCUT2D eigenvalue weighted by Crippen LogP contribution is -2.23. The predicted molar refractivity (Wildman–Crippen MR) is 181 cm³/mol. The van der Waals surface area contributed by atoms with Crippen molar-refractivity contribution in [3.8, 4) is 0 Å². The van der Waals surface area contributed by atoms with E-state index in [1.807, 2.05) is 0 Å². The van der Waals surface area contributed by atoms with E-state index in [-0.39, 0.29) is 29.7 Å². The number of ether oxygens (including phenoxy) is 2. The molecule has 0 saturated carbocycles. The topological polar surface area (TPSA) is 179 Å². The van der Waals surface area contributed by atoms with Crippen LogP contribution in [0.15, 0.2) is 9.98 Å². The average Bonchev–Trinajstić information content (AvgIpc) is 2.97. The van der Waals surface area contributed by atoms with Gasteiger partial charge in [0, 0.05) is 20.3 Å². The summed E-state index contributed by atoms with van der Waals surface area (Å²) in [6.45, 7) is 0. The molecule has 2 amide bonds. The average molecular weight is 755 g/mol. The van der Waals surface area contributed by atoms with Crippen LogP contribution in [0.4, 0.5) is 9.59 Å². The molecule has 0 spiro atoms. The van der Waals surface area contributed by atoms with E-state index in [1.54, 1.807) is 47.0 Å². The first-order chi connectivity index (χ1) is 20.2. The Labute approximate surface area is 277 Å². The Morgan fingerprint density at radius 3 is 1.56 bits per heavy atom. The number of aliphatic hydroxyl groups excluding tert-OH is 2. The molecule has 0 aliphatic carbocycles. The lowest BCUT2D eigenvalue weighted by Gasteiger charge is -2.06. The maximum Gasteiger partial charge on any atom is 0.408 e. The van der Waals surface area contributed by atoms with Crippen molar-refractivity contribution in [1.29, 1.82) is 0 Å². The fourth-order valence-electron chi connectivity index (χ4n) is 1.49. The van der Waals surface area contributed by atoms with Crippen LogP contribution in [0.5, 0.6) is 0 Å². The standard InChI is InChI=1S/C18H34N4O10S9/c23-7-37-9-27-17(25)21-5-35-13-34-4-20-2-30-32-12-40-16-41-15-39-10-28-18(26)22-6-36-14-33-3-19-1-29-31-11-38-8-24/h1-2,23-24H,3-16H2,(H,21,25)(H,22,26)/b19-1+,20-2+. The first-order valence-corrected chi connectivity index (χ1v) is 21.4. The minimum absolute atomic E-state index is 0.0297. The van der Waals surface area contributed by atoms with Crippen LogP contribution < -0.4 is 10.6 Å². The molecule has 0 radical (unpaired) electrons. The summed E-state index contributed by atoms with van der Waals surface area (Å²) in [7, 11) is 0. The van der Waals surface area contributed by atoms with E-state index in [9.17, 15) is 9.59 Å². The van der Waals surface area contributed by atoms with E-state index in [1.165, 1.54) is 59.8 Å². The number of hydrogen-bond donors (Lipinski definition) is 4. The Morgan fingerprint density at radius 1 is 0.585 bits per heavy atom. The van der Waals surface area contributed by atoms with Gasteiger partial charge in [-0.15, -0.1) is 94.1 Å². The molecule has 4 N–H and O–H groups in total. The summed E-state index contributed by atoms with van der Waals surface area (Å²) in [4.78, 5) is 50.1. The molecule has 41 heavy (non-hydrogen) atoms. The van der Waals surface area contributed by atoms with Crippen LogP contribution in [0.1, 0.15) is 0 Å². The van der Waals surface area contributed by atoms with E-state index in [0.717, 1.165) is 32.1 Å². The number of aliphatic imine (C=N–C) groups is 2. The monoisotopic (exact) mass is 754 g/mol. The van der Waals surface area contributed by atoms with Gasteiger partial charge in [-0.05, 0) is 0 Å². The number of carbonyl (C=O) groups excluding carboxylic acids is 2. The molecule has 0 aliphatic heterocycles. The lowest BCUT2D eigenvalue weighted by atomic mass is 11.1. The first-order valence-electron chi connectivity index (χ1n) is 11.0. The van der Waals surface area contributed by atoms with Crippen molar-refractivity contribution in [2.24, 2.45) is 9.98 Å².